The third kappa shape index (κ3) is 6.21. The van der Waals surface area contributed by atoms with Gasteiger partial charge >= 0.3 is 5.97 Å². The van der Waals surface area contributed by atoms with Crippen LogP contribution in [-0.2, 0) is 24.3 Å². The Balaban J connectivity index is 2.08. The normalized spacial score (nSPS) is 16.7. The van der Waals surface area contributed by atoms with Crippen LogP contribution in [0.4, 0.5) is 5.69 Å². The Morgan fingerprint density at radius 3 is 2.70 bits per heavy atom. The summed E-state index contributed by atoms with van der Waals surface area (Å²) in [5.74, 6) is -0.877. The van der Waals surface area contributed by atoms with Crippen LogP contribution in [-0.4, -0.2) is 59.0 Å². The molecule has 150 valence electrons. The van der Waals surface area contributed by atoms with Crippen LogP contribution in [0.15, 0.2) is 24.3 Å². The average Bonchev–Trinajstić information content (AvgIpc) is 3.13. The molecule has 8 nitrogen and oxygen atoms in total. The number of nitrogens with zero attached hydrogens (tertiary/aromatic N) is 1. The van der Waals surface area contributed by atoms with E-state index in [9.17, 15) is 18.0 Å². The van der Waals surface area contributed by atoms with E-state index < -0.39 is 16.0 Å². The SMILES string of the molecule is CCOC(=O)c1ccccc1N(CCC(=O)NCC1CCCO1)S(C)(=O)=O. The maximum Gasteiger partial charge on any atom is 0.340 e. The molecule has 0 spiro atoms. The largest absolute Gasteiger partial charge is 0.462 e. The van der Waals surface area contributed by atoms with E-state index in [1.165, 1.54) is 12.1 Å². The molecule has 0 aliphatic carbocycles. The number of benzene rings is 1. The highest BCUT2D eigenvalue weighted by atomic mass is 32.2. The first kappa shape index (κ1) is 21.2. The Labute approximate surface area is 159 Å². The number of rotatable bonds is 9. The Bertz CT molecular complexity index is 759. The van der Waals surface area contributed by atoms with Crippen molar-refractivity contribution in [2.24, 2.45) is 0 Å². The quantitative estimate of drug-likeness (QED) is 0.630. The zero-order chi connectivity index (χ0) is 19.9. The molecule has 2 rings (SSSR count). The molecule has 0 radical (unpaired) electrons. The van der Waals surface area contributed by atoms with Gasteiger partial charge in [0.05, 0.1) is 30.2 Å². The maximum atomic E-state index is 12.3. The first-order valence-electron chi connectivity index (χ1n) is 8.95. The lowest BCUT2D eigenvalue weighted by Gasteiger charge is -2.24. The van der Waals surface area contributed by atoms with Crippen LogP contribution < -0.4 is 9.62 Å². The summed E-state index contributed by atoms with van der Waals surface area (Å²) in [6.45, 7) is 2.89. The lowest BCUT2D eigenvalue weighted by Crippen LogP contribution is -2.37. The smallest absolute Gasteiger partial charge is 0.340 e. The number of nitrogens with one attached hydrogen (secondary N) is 1. The van der Waals surface area contributed by atoms with Crippen LogP contribution >= 0.6 is 0 Å². The summed E-state index contributed by atoms with van der Waals surface area (Å²) in [6, 6.07) is 6.29. The van der Waals surface area contributed by atoms with Gasteiger partial charge in [-0.25, -0.2) is 13.2 Å². The number of esters is 1. The molecule has 0 bridgehead atoms. The van der Waals surface area contributed by atoms with Gasteiger partial charge in [0.2, 0.25) is 15.9 Å². The summed E-state index contributed by atoms with van der Waals surface area (Å²) < 4.78 is 36.0. The second-order valence-corrected chi connectivity index (χ2v) is 8.17. The lowest BCUT2D eigenvalue weighted by molar-refractivity contribution is -0.121. The zero-order valence-electron chi connectivity index (χ0n) is 15.6. The molecule has 0 saturated carbocycles. The fraction of sp³-hybridized carbons (Fsp3) is 0.556. The fourth-order valence-corrected chi connectivity index (χ4v) is 3.80. The molecule has 1 saturated heterocycles. The van der Waals surface area contributed by atoms with Gasteiger partial charge in [-0.2, -0.15) is 0 Å². The van der Waals surface area contributed by atoms with E-state index in [1.54, 1.807) is 19.1 Å². The van der Waals surface area contributed by atoms with Crippen molar-refractivity contribution in [3.8, 4) is 0 Å². The van der Waals surface area contributed by atoms with E-state index in [0.29, 0.717) is 13.2 Å². The van der Waals surface area contributed by atoms with Crippen molar-refractivity contribution in [3.05, 3.63) is 29.8 Å². The molecule has 1 unspecified atom stereocenters. The topological polar surface area (TPSA) is 102 Å². The summed E-state index contributed by atoms with van der Waals surface area (Å²) in [7, 11) is -3.69. The van der Waals surface area contributed by atoms with Crippen LogP contribution in [0.2, 0.25) is 0 Å². The van der Waals surface area contributed by atoms with Crippen LogP contribution in [0.3, 0.4) is 0 Å². The first-order chi connectivity index (χ1) is 12.8. The van der Waals surface area contributed by atoms with Gasteiger partial charge in [-0.05, 0) is 31.9 Å². The van der Waals surface area contributed by atoms with Gasteiger partial charge in [0.1, 0.15) is 0 Å². The predicted octanol–water partition coefficient (Wildman–Crippen LogP) is 1.31. The number of carbonyl (C=O) groups is 2. The van der Waals surface area contributed by atoms with Crippen LogP contribution in [0.5, 0.6) is 0 Å². The van der Waals surface area contributed by atoms with E-state index in [0.717, 1.165) is 23.4 Å². The highest BCUT2D eigenvalue weighted by Crippen LogP contribution is 2.24. The zero-order valence-corrected chi connectivity index (χ0v) is 16.5. The maximum absolute atomic E-state index is 12.3. The van der Waals surface area contributed by atoms with Crippen molar-refractivity contribution in [2.45, 2.75) is 32.3 Å². The predicted molar refractivity (Wildman–Crippen MR) is 101 cm³/mol. The monoisotopic (exact) mass is 398 g/mol. The molecule has 1 fully saturated rings. The molecule has 1 amide bonds. The van der Waals surface area contributed by atoms with E-state index in [1.807, 2.05) is 0 Å². The number of amides is 1. The van der Waals surface area contributed by atoms with E-state index in [4.69, 9.17) is 9.47 Å². The standard InChI is InChI=1S/C18H26N2O6S/c1-3-25-18(22)15-8-4-5-9-16(15)20(27(2,23)24)11-10-17(21)19-13-14-7-6-12-26-14/h4-5,8-9,14H,3,6-7,10-13H2,1-2H3,(H,19,21). The minimum absolute atomic E-state index is 0.0181. The molecular weight excluding hydrogens is 372 g/mol. The van der Waals surface area contributed by atoms with Crippen molar-refractivity contribution < 1.29 is 27.5 Å². The van der Waals surface area contributed by atoms with Gasteiger partial charge in [-0.3, -0.25) is 9.10 Å². The summed E-state index contributed by atoms with van der Waals surface area (Å²) in [4.78, 5) is 24.3. The van der Waals surface area contributed by atoms with Gasteiger partial charge in [0.15, 0.2) is 0 Å². The number of ether oxygens (including phenoxy) is 2. The van der Waals surface area contributed by atoms with Crippen molar-refractivity contribution in [3.63, 3.8) is 0 Å². The minimum atomic E-state index is -3.69. The molecular formula is C18H26N2O6S. The van der Waals surface area contributed by atoms with E-state index in [2.05, 4.69) is 5.32 Å². The molecule has 0 aromatic heterocycles. The highest BCUT2D eigenvalue weighted by molar-refractivity contribution is 7.92. The molecule has 1 aromatic carbocycles. The Kier molecular flexibility index (Phi) is 7.61. The van der Waals surface area contributed by atoms with Crippen molar-refractivity contribution >= 4 is 27.6 Å². The second kappa shape index (κ2) is 9.70. The molecule has 27 heavy (non-hydrogen) atoms. The minimum Gasteiger partial charge on any atom is -0.462 e. The molecule has 1 atom stereocenters. The number of hydrogen-bond acceptors (Lipinski definition) is 6. The number of anilines is 1. The van der Waals surface area contributed by atoms with Crippen molar-refractivity contribution in [1.29, 1.82) is 0 Å². The summed E-state index contributed by atoms with van der Waals surface area (Å²) in [5, 5.41) is 2.76. The summed E-state index contributed by atoms with van der Waals surface area (Å²) >= 11 is 0. The summed E-state index contributed by atoms with van der Waals surface area (Å²) in [5.41, 5.74) is 0.343. The number of para-hydroxylation sites is 1. The average molecular weight is 398 g/mol. The van der Waals surface area contributed by atoms with Crippen molar-refractivity contribution in [1.82, 2.24) is 5.32 Å². The molecule has 1 aliphatic rings. The van der Waals surface area contributed by atoms with Gasteiger partial charge in [-0.1, -0.05) is 12.1 Å². The Morgan fingerprint density at radius 2 is 2.07 bits per heavy atom. The van der Waals surface area contributed by atoms with Crippen LogP contribution in [0.1, 0.15) is 36.5 Å². The van der Waals surface area contributed by atoms with Gasteiger partial charge in [0, 0.05) is 26.1 Å². The number of hydrogen-bond donors (Lipinski definition) is 1. The third-order valence-corrected chi connectivity index (χ3v) is 5.34. The highest BCUT2D eigenvalue weighted by Gasteiger charge is 2.24. The second-order valence-electron chi connectivity index (χ2n) is 6.26. The molecule has 1 heterocycles. The molecule has 1 aromatic rings. The van der Waals surface area contributed by atoms with Crippen LogP contribution in [0, 0.1) is 0 Å². The summed E-state index contributed by atoms with van der Waals surface area (Å²) in [6.07, 6.45) is 2.91. The van der Waals surface area contributed by atoms with Crippen LogP contribution in [0.25, 0.3) is 0 Å². The Morgan fingerprint density at radius 1 is 1.33 bits per heavy atom. The molecule has 9 heteroatoms. The third-order valence-electron chi connectivity index (χ3n) is 4.16. The molecule has 1 aliphatic heterocycles. The van der Waals surface area contributed by atoms with E-state index >= 15 is 0 Å². The lowest BCUT2D eigenvalue weighted by atomic mass is 10.1. The van der Waals surface area contributed by atoms with Gasteiger partial charge < -0.3 is 14.8 Å². The Hall–Kier alpha value is -2.13. The van der Waals surface area contributed by atoms with Crippen molar-refractivity contribution in [2.75, 3.05) is 36.9 Å². The first-order valence-corrected chi connectivity index (χ1v) is 10.8. The number of carbonyl (C=O) groups excluding carboxylic acids is 2. The van der Waals surface area contributed by atoms with Gasteiger partial charge in [-0.15, -0.1) is 0 Å². The molecule has 1 N–H and O–H groups in total. The number of sulfonamides is 1. The van der Waals surface area contributed by atoms with Gasteiger partial charge in [0.25, 0.3) is 0 Å². The van der Waals surface area contributed by atoms with E-state index in [-0.39, 0.29) is 42.8 Å². The fourth-order valence-electron chi connectivity index (χ4n) is 2.86.